The van der Waals surface area contributed by atoms with Crippen molar-refractivity contribution in [2.45, 2.75) is 0 Å². The summed E-state index contributed by atoms with van der Waals surface area (Å²) in [6, 6.07) is 45.9. The summed E-state index contributed by atoms with van der Waals surface area (Å²) in [7, 11) is 0. The quantitative estimate of drug-likeness (QED) is 0.180. The fraction of sp³-hybridized carbons (Fsp3) is 0. The van der Waals surface area contributed by atoms with Crippen molar-refractivity contribution in [1.82, 2.24) is 0 Å². The van der Waals surface area contributed by atoms with Gasteiger partial charge in [0, 0.05) is 0 Å². The smallest absolute Gasteiger partial charge is 0.0521 e. The van der Waals surface area contributed by atoms with Crippen LogP contribution in [0.25, 0.3) is 22.3 Å². The Labute approximate surface area is 211 Å². The number of thiocarbonyl (C=S) groups is 2. The van der Waals surface area contributed by atoms with E-state index in [9.17, 15) is 0 Å². The lowest BCUT2D eigenvalue weighted by Gasteiger charge is -2.09. The Kier molecular flexibility index (Phi) is 6.53. The molecule has 0 unspecified atom stereocenters. The summed E-state index contributed by atoms with van der Waals surface area (Å²) < 4.78 is 0. The van der Waals surface area contributed by atoms with Gasteiger partial charge in [0.05, 0.1) is 9.73 Å². The average Bonchev–Trinajstić information content (AvgIpc) is 2.93. The van der Waals surface area contributed by atoms with Crippen LogP contribution in [-0.4, -0.2) is 9.73 Å². The maximum atomic E-state index is 5.78. The van der Waals surface area contributed by atoms with Gasteiger partial charge in [-0.15, -0.1) is 0 Å². The average molecular weight is 471 g/mol. The lowest BCUT2D eigenvalue weighted by molar-refractivity contribution is 1.57. The molecule has 0 aliphatic carbocycles. The molecule has 0 saturated heterocycles. The highest BCUT2D eigenvalue weighted by Gasteiger charge is 2.09. The Morgan fingerprint density at radius 1 is 0.294 bits per heavy atom. The molecule has 0 aliphatic heterocycles. The summed E-state index contributed by atoms with van der Waals surface area (Å²) in [5.41, 5.74) is 8.91. The summed E-state index contributed by atoms with van der Waals surface area (Å²) in [4.78, 5) is 1.67. The molecule has 0 nitrogen and oxygen atoms in total. The van der Waals surface area contributed by atoms with E-state index in [0.29, 0.717) is 0 Å². The minimum Gasteiger partial charge on any atom is -0.0788 e. The van der Waals surface area contributed by atoms with Crippen LogP contribution in [0, 0.1) is 0 Å². The van der Waals surface area contributed by atoms with Gasteiger partial charge in [-0.2, -0.15) is 0 Å². The van der Waals surface area contributed by atoms with Crippen LogP contribution in [0.4, 0.5) is 0 Å². The fourth-order valence-electron chi connectivity index (χ4n) is 4.00. The van der Waals surface area contributed by atoms with E-state index in [0.717, 1.165) is 32.0 Å². The molecule has 0 saturated carbocycles. The maximum Gasteiger partial charge on any atom is 0.0521 e. The first kappa shape index (κ1) is 22.1. The molecule has 0 amide bonds. The minimum absolute atomic E-state index is 0.837. The van der Waals surface area contributed by atoms with Crippen LogP contribution in [0.5, 0.6) is 0 Å². The number of rotatable bonds is 6. The van der Waals surface area contributed by atoms with E-state index in [1.54, 1.807) is 0 Å². The van der Waals surface area contributed by atoms with Gasteiger partial charge in [0.25, 0.3) is 0 Å². The molecule has 5 aromatic rings. The monoisotopic (exact) mass is 470 g/mol. The van der Waals surface area contributed by atoms with Crippen LogP contribution in [0.3, 0.4) is 0 Å². The van der Waals surface area contributed by atoms with E-state index in [4.69, 9.17) is 24.4 Å². The van der Waals surface area contributed by atoms with Crippen molar-refractivity contribution in [1.29, 1.82) is 0 Å². The lowest BCUT2D eigenvalue weighted by atomic mass is 9.97. The van der Waals surface area contributed by atoms with Crippen LogP contribution >= 0.6 is 24.4 Å². The molecule has 0 atom stereocenters. The molecule has 162 valence electrons. The molecule has 0 aliphatic rings. The van der Waals surface area contributed by atoms with Gasteiger partial charge in [0.15, 0.2) is 0 Å². The van der Waals surface area contributed by atoms with Crippen LogP contribution in [0.2, 0.25) is 0 Å². The molecule has 5 rings (SSSR count). The van der Waals surface area contributed by atoms with Crippen molar-refractivity contribution in [2.24, 2.45) is 0 Å². The van der Waals surface area contributed by atoms with E-state index in [1.165, 1.54) is 22.3 Å². The maximum absolute atomic E-state index is 5.78. The molecule has 0 radical (unpaired) electrons. The van der Waals surface area contributed by atoms with Gasteiger partial charge >= 0.3 is 0 Å². The second-order valence-corrected chi connectivity index (χ2v) is 8.94. The molecule has 0 bridgehead atoms. The third kappa shape index (κ3) is 4.79. The third-order valence-electron chi connectivity index (χ3n) is 5.92. The van der Waals surface area contributed by atoms with Gasteiger partial charge in [-0.05, 0) is 44.5 Å². The minimum atomic E-state index is 0.837. The molecule has 0 N–H and O–H groups in total. The number of benzene rings is 5. The Morgan fingerprint density at radius 2 is 0.529 bits per heavy atom. The van der Waals surface area contributed by atoms with Gasteiger partial charge in [-0.1, -0.05) is 158 Å². The zero-order chi connectivity index (χ0) is 23.3. The Morgan fingerprint density at radius 3 is 0.824 bits per heavy atom. The Balaban J connectivity index is 1.30. The number of hydrogen-bond donors (Lipinski definition) is 0. The van der Waals surface area contributed by atoms with Crippen LogP contribution in [0.1, 0.15) is 22.3 Å². The summed E-state index contributed by atoms with van der Waals surface area (Å²) in [5, 5.41) is 0. The van der Waals surface area contributed by atoms with Gasteiger partial charge < -0.3 is 0 Å². The second kappa shape index (κ2) is 10.0. The van der Waals surface area contributed by atoms with Gasteiger partial charge in [-0.3, -0.25) is 0 Å². The van der Waals surface area contributed by atoms with E-state index in [1.807, 2.05) is 12.1 Å². The first-order valence-corrected chi connectivity index (χ1v) is 12.0. The van der Waals surface area contributed by atoms with Crippen molar-refractivity contribution in [2.75, 3.05) is 0 Å². The van der Waals surface area contributed by atoms with E-state index in [-0.39, 0.29) is 0 Å². The standard InChI is InChI=1S/C32H22S2/c33-31(27-15-11-25(12-16-27)23-7-3-1-4-8-23)29-19-21-30(22-20-29)32(34)28-17-13-26(14-18-28)24-9-5-2-6-10-24/h1-22H. The van der Waals surface area contributed by atoms with Gasteiger partial charge in [0.2, 0.25) is 0 Å². The summed E-state index contributed by atoms with van der Waals surface area (Å²) in [6.07, 6.45) is 0. The third-order valence-corrected chi connectivity index (χ3v) is 6.86. The highest BCUT2D eigenvalue weighted by atomic mass is 32.1. The fourth-order valence-corrected chi connectivity index (χ4v) is 4.54. The van der Waals surface area contributed by atoms with Crippen molar-refractivity contribution < 1.29 is 0 Å². The lowest BCUT2D eigenvalue weighted by Crippen LogP contribution is -2.03. The predicted octanol–water partition coefficient (Wildman–Crippen LogP) is 8.55. The largest absolute Gasteiger partial charge is 0.0788 e. The molecule has 0 spiro atoms. The normalized spacial score (nSPS) is 10.6. The molecule has 0 fully saturated rings. The van der Waals surface area contributed by atoms with Gasteiger partial charge in [-0.25, -0.2) is 0 Å². The van der Waals surface area contributed by atoms with Crippen LogP contribution in [0.15, 0.2) is 133 Å². The topological polar surface area (TPSA) is 0 Å². The first-order chi connectivity index (χ1) is 16.7. The second-order valence-electron chi connectivity index (χ2n) is 8.12. The number of hydrogen-bond acceptors (Lipinski definition) is 2. The highest BCUT2D eigenvalue weighted by Crippen LogP contribution is 2.23. The molecule has 0 heterocycles. The van der Waals surface area contributed by atoms with Crippen LogP contribution < -0.4 is 0 Å². The van der Waals surface area contributed by atoms with Gasteiger partial charge in [0.1, 0.15) is 0 Å². The zero-order valence-corrected chi connectivity index (χ0v) is 20.2. The van der Waals surface area contributed by atoms with E-state index >= 15 is 0 Å². The Hall–Kier alpha value is -3.72. The zero-order valence-electron chi connectivity index (χ0n) is 18.5. The summed E-state index contributed by atoms with van der Waals surface area (Å²) >= 11 is 11.6. The van der Waals surface area contributed by atoms with Crippen LogP contribution in [-0.2, 0) is 0 Å². The van der Waals surface area contributed by atoms with Crippen molar-refractivity contribution in [3.8, 4) is 22.3 Å². The SMILES string of the molecule is S=C(c1ccc(C(=S)c2ccc(-c3ccccc3)cc2)cc1)c1ccc(-c2ccccc2)cc1. The van der Waals surface area contributed by atoms with Crippen molar-refractivity contribution in [3.05, 3.63) is 156 Å². The molecular formula is C32H22S2. The van der Waals surface area contributed by atoms with E-state index in [2.05, 4.69) is 121 Å². The summed E-state index contributed by atoms with van der Waals surface area (Å²) in [5.74, 6) is 0. The Bertz CT molecular complexity index is 1300. The molecular weight excluding hydrogens is 448 g/mol. The predicted molar refractivity (Wildman–Crippen MR) is 152 cm³/mol. The molecule has 5 aromatic carbocycles. The summed E-state index contributed by atoms with van der Waals surface area (Å²) in [6.45, 7) is 0. The van der Waals surface area contributed by atoms with E-state index < -0.39 is 0 Å². The first-order valence-electron chi connectivity index (χ1n) is 11.2. The molecule has 2 heteroatoms. The molecule has 0 aromatic heterocycles. The highest BCUT2D eigenvalue weighted by molar-refractivity contribution is 7.81. The van der Waals surface area contributed by atoms with Crippen molar-refractivity contribution in [3.63, 3.8) is 0 Å². The molecule has 34 heavy (non-hydrogen) atoms. The van der Waals surface area contributed by atoms with Crippen molar-refractivity contribution >= 4 is 34.2 Å².